The van der Waals surface area contributed by atoms with Crippen LogP contribution >= 0.6 is 23.2 Å². The van der Waals surface area contributed by atoms with Crippen LogP contribution < -0.4 is 16.0 Å². The predicted octanol–water partition coefficient (Wildman–Crippen LogP) is 3.89. The molecule has 4 nitrogen and oxygen atoms in total. The van der Waals surface area contributed by atoms with Crippen LogP contribution in [0.1, 0.15) is 10.4 Å². The maximum atomic E-state index is 12.4. The molecule has 0 bridgehead atoms. The van der Waals surface area contributed by atoms with Crippen LogP contribution in [0.15, 0.2) is 36.4 Å². The van der Waals surface area contributed by atoms with Crippen molar-refractivity contribution in [2.24, 2.45) is 0 Å². The Hall–Kier alpha value is -1.91. The monoisotopic (exact) mass is 323 g/mol. The molecule has 6 heteroatoms. The molecular weight excluding hydrogens is 309 g/mol. The molecule has 2 aromatic rings. The van der Waals surface area contributed by atoms with E-state index in [0.717, 1.165) is 5.69 Å². The van der Waals surface area contributed by atoms with Crippen molar-refractivity contribution >= 4 is 46.2 Å². The van der Waals surface area contributed by atoms with E-state index < -0.39 is 0 Å². The summed E-state index contributed by atoms with van der Waals surface area (Å²) in [6, 6.07) is 10.1. The molecule has 0 aliphatic carbocycles. The lowest BCUT2D eigenvalue weighted by Gasteiger charge is -2.18. The number of halogens is 2. The highest BCUT2D eigenvalue weighted by atomic mass is 35.5. The van der Waals surface area contributed by atoms with Crippen LogP contribution in [0.25, 0.3) is 0 Å². The highest BCUT2D eigenvalue weighted by molar-refractivity contribution is 6.36. The smallest absolute Gasteiger partial charge is 0.257 e. The minimum Gasteiger partial charge on any atom is -0.399 e. The first-order chi connectivity index (χ1) is 9.88. The van der Waals surface area contributed by atoms with Gasteiger partial charge in [0.15, 0.2) is 0 Å². The number of nitrogens with one attached hydrogen (secondary N) is 1. The lowest BCUT2D eigenvalue weighted by Crippen LogP contribution is -2.17. The number of nitrogen functional groups attached to an aromatic ring is 1. The molecule has 3 N–H and O–H groups in total. The number of amides is 1. The summed E-state index contributed by atoms with van der Waals surface area (Å²) in [7, 11) is 3.76. The lowest BCUT2D eigenvalue weighted by molar-refractivity contribution is 0.102. The van der Waals surface area contributed by atoms with E-state index in [2.05, 4.69) is 5.32 Å². The topological polar surface area (TPSA) is 58.4 Å². The minimum atomic E-state index is -0.337. The Labute approximate surface area is 133 Å². The average Bonchev–Trinajstić information content (AvgIpc) is 2.41. The van der Waals surface area contributed by atoms with E-state index in [-0.39, 0.29) is 5.91 Å². The number of rotatable bonds is 3. The summed E-state index contributed by atoms with van der Waals surface area (Å²) in [5.41, 5.74) is 8.11. The van der Waals surface area contributed by atoms with E-state index in [1.54, 1.807) is 24.3 Å². The predicted molar refractivity (Wildman–Crippen MR) is 89.6 cm³/mol. The Morgan fingerprint density at radius 2 is 1.86 bits per heavy atom. The van der Waals surface area contributed by atoms with Gasteiger partial charge in [-0.2, -0.15) is 0 Å². The summed E-state index contributed by atoms with van der Waals surface area (Å²) >= 11 is 11.9. The van der Waals surface area contributed by atoms with E-state index in [1.165, 1.54) is 6.07 Å². The largest absolute Gasteiger partial charge is 0.399 e. The fourth-order valence-electron chi connectivity index (χ4n) is 1.90. The fraction of sp³-hybridized carbons (Fsp3) is 0.133. The van der Waals surface area contributed by atoms with Gasteiger partial charge in [0.1, 0.15) is 0 Å². The zero-order chi connectivity index (χ0) is 15.6. The molecule has 0 aliphatic heterocycles. The molecule has 0 aromatic heterocycles. The van der Waals surface area contributed by atoms with Gasteiger partial charge in [-0.05, 0) is 36.4 Å². The Morgan fingerprint density at radius 1 is 1.14 bits per heavy atom. The molecule has 2 rings (SSSR count). The number of hydrogen-bond donors (Lipinski definition) is 2. The molecule has 0 saturated heterocycles. The van der Waals surface area contributed by atoms with Crippen LogP contribution in [0.3, 0.4) is 0 Å². The van der Waals surface area contributed by atoms with Gasteiger partial charge in [0.25, 0.3) is 5.91 Å². The first-order valence-electron chi connectivity index (χ1n) is 6.21. The molecule has 0 fully saturated rings. The molecule has 0 atom stereocenters. The van der Waals surface area contributed by atoms with Crippen LogP contribution in [0.4, 0.5) is 17.1 Å². The van der Waals surface area contributed by atoms with Crippen LogP contribution in [0, 0.1) is 0 Å². The number of nitrogens with zero attached hydrogens (tertiary/aromatic N) is 1. The van der Waals surface area contributed by atoms with Gasteiger partial charge >= 0.3 is 0 Å². The SMILES string of the molecule is CN(C)c1ccc(N)cc1NC(=O)c1cc(Cl)ccc1Cl. The van der Waals surface area contributed by atoms with Gasteiger partial charge in [0.05, 0.1) is 22.0 Å². The van der Waals surface area contributed by atoms with Gasteiger partial charge in [-0.15, -0.1) is 0 Å². The van der Waals surface area contributed by atoms with E-state index in [0.29, 0.717) is 27.0 Å². The van der Waals surface area contributed by atoms with Crippen molar-refractivity contribution in [3.63, 3.8) is 0 Å². The van der Waals surface area contributed by atoms with Gasteiger partial charge in [-0.25, -0.2) is 0 Å². The van der Waals surface area contributed by atoms with Gasteiger partial charge in [-0.1, -0.05) is 23.2 Å². The molecule has 0 aliphatic rings. The van der Waals surface area contributed by atoms with Crippen LogP contribution in [-0.2, 0) is 0 Å². The fourth-order valence-corrected chi connectivity index (χ4v) is 2.28. The van der Waals surface area contributed by atoms with Crippen molar-refractivity contribution in [3.8, 4) is 0 Å². The van der Waals surface area contributed by atoms with Gasteiger partial charge in [0, 0.05) is 24.8 Å². The minimum absolute atomic E-state index is 0.316. The number of nitrogens with two attached hydrogens (primary N) is 1. The average molecular weight is 324 g/mol. The molecule has 1 amide bonds. The van der Waals surface area contributed by atoms with Gasteiger partial charge < -0.3 is 16.0 Å². The van der Waals surface area contributed by atoms with Crippen molar-refractivity contribution in [1.82, 2.24) is 0 Å². The number of hydrogen-bond acceptors (Lipinski definition) is 3. The van der Waals surface area contributed by atoms with Crippen molar-refractivity contribution in [2.45, 2.75) is 0 Å². The summed E-state index contributed by atoms with van der Waals surface area (Å²) < 4.78 is 0. The highest BCUT2D eigenvalue weighted by Crippen LogP contribution is 2.28. The third-order valence-electron chi connectivity index (χ3n) is 2.92. The van der Waals surface area contributed by atoms with E-state index in [4.69, 9.17) is 28.9 Å². The molecular formula is C15H15Cl2N3O. The maximum Gasteiger partial charge on any atom is 0.257 e. The molecule has 0 heterocycles. The van der Waals surface area contributed by atoms with Crippen molar-refractivity contribution < 1.29 is 4.79 Å². The number of benzene rings is 2. The van der Waals surface area contributed by atoms with E-state index in [1.807, 2.05) is 25.1 Å². The summed E-state index contributed by atoms with van der Waals surface area (Å²) in [6.07, 6.45) is 0. The van der Waals surface area contributed by atoms with Crippen molar-refractivity contribution in [1.29, 1.82) is 0 Å². The molecule has 21 heavy (non-hydrogen) atoms. The second-order valence-corrected chi connectivity index (χ2v) is 5.59. The summed E-state index contributed by atoms with van der Waals surface area (Å²) in [5, 5.41) is 3.60. The van der Waals surface area contributed by atoms with Crippen molar-refractivity contribution in [3.05, 3.63) is 52.0 Å². The zero-order valence-corrected chi connectivity index (χ0v) is 13.2. The number of anilines is 3. The molecule has 0 saturated carbocycles. The summed E-state index contributed by atoms with van der Waals surface area (Å²) in [6.45, 7) is 0. The normalized spacial score (nSPS) is 10.3. The lowest BCUT2D eigenvalue weighted by atomic mass is 10.2. The summed E-state index contributed by atoms with van der Waals surface area (Å²) in [5.74, 6) is -0.337. The Bertz CT molecular complexity index is 687. The number of carbonyl (C=O) groups excluding carboxylic acids is 1. The van der Waals surface area contributed by atoms with Gasteiger partial charge in [-0.3, -0.25) is 4.79 Å². The van der Waals surface area contributed by atoms with Crippen LogP contribution in [-0.4, -0.2) is 20.0 Å². The standard InChI is InChI=1S/C15H15Cl2N3O/c1-20(2)14-6-4-10(18)8-13(14)19-15(21)11-7-9(16)3-5-12(11)17/h3-8H,18H2,1-2H3,(H,19,21). The van der Waals surface area contributed by atoms with Gasteiger partial charge in [0.2, 0.25) is 0 Å². The Kier molecular flexibility index (Phi) is 4.60. The highest BCUT2D eigenvalue weighted by Gasteiger charge is 2.14. The van der Waals surface area contributed by atoms with Crippen molar-refractivity contribution in [2.75, 3.05) is 30.0 Å². The Morgan fingerprint density at radius 3 is 2.52 bits per heavy atom. The number of carbonyl (C=O) groups is 1. The third-order valence-corrected chi connectivity index (χ3v) is 3.49. The second-order valence-electron chi connectivity index (χ2n) is 4.75. The first kappa shape index (κ1) is 15.5. The molecule has 2 aromatic carbocycles. The molecule has 0 radical (unpaired) electrons. The van der Waals surface area contributed by atoms with E-state index >= 15 is 0 Å². The second kappa shape index (κ2) is 6.24. The zero-order valence-electron chi connectivity index (χ0n) is 11.7. The molecule has 0 unspecified atom stereocenters. The first-order valence-corrected chi connectivity index (χ1v) is 6.97. The third kappa shape index (κ3) is 3.60. The quantitative estimate of drug-likeness (QED) is 0.842. The Balaban J connectivity index is 2.35. The molecule has 0 spiro atoms. The summed E-state index contributed by atoms with van der Waals surface area (Å²) in [4.78, 5) is 14.2. The van der Waals surface area contributed by atoms with Crippen LogP contribution in [0.5, 0.6) is 0 Å². The van der Waals surface area contributed by atoms with E-state index in [9.17, 15) is 4.79 Å². The van der Waals surface area contributed by atoms with Crippen LogP contribution in [0.2, 0.25) is 10.0 Å². The maximum absolute atomic E-state index is 12.4. The molecule has 110 valence electrons.